The van der Waals surface area contributed by atoms with Crippen LogP contribution < -0.4 is 0 Å². The van der Waals surface area contributed by atoms with Gasteiger partial charge in [-0.2, -0.15) is 0 Å². The highest BCUT2D eigenvalue weighted by Crippen LogP contribution is 2.36. The number of hydrogen-bond acceptors (Lipinski definition) is 0. The van der Waals surface area contributed by atoms with Gasteiger partial charge in [0.2, 0.25) is 0 Å². The normalized spacial score (nSPS) is 10.9. The van der Waals surface area contributed by atoms with Crippen molar-refractivity contribution in [3.05, 3.63) is 59.6 Å². The minimum absolute atomic E-state index is 0.828. The number of rotatable bonds is 1. The molecule has 0 aliphatic heterocycles. The second-order valence-electron chi connectivity index (χ2n) is 4.10. The van der Waals surface area contributed by atoms with Crippen LogP contribution in [0.5, 0.6) is 0 Å². The van der Waals surface area contributed by atoms with Crippen LogP contribution >= 0.6 is 11.6 Å². The second kappa shape index (κ2) is 3.94. The summed E-state index contributed by atoms with van der Waals surface area (Å²) in [5.74, 6) is 0. The first-order valence-electron chi connectivity index (χ1n) is 5.57. The number of aromatic nitrogens is 1. The van der Waals surface area contributed by atoms with Crippen molar-refractivity contribution in [2.75, 3.05) is 0 Å². The van der Waals surface area contributed by atoms with Crippen molar-refractivity contribution in [1.29, 1.82) is 0 Å². The smallest absolute Gasteiger partial charge is 0.0742 e. The van der Waals surface area contributed by atoms with Crippen molar-refractivity contribution in [1.82, 2.24) is 4.57 Å². The number of aryl methyl sites for hydroxylation is 1. The Labute approximate surface area is 105 Å². The zero-order valence-electron chi connectivity index (χ0n) is 9.52. The van der Waals surface area contributed by atoms with E-state index in [1.54, 1.807) is 0 Å². The van der Waals surface area contributed by atoms with Crippen LogP contribution in [-0.2, 0) is 7.05 Å². The average molecular weight is 242 g/mol. The van der Waals surface area contributed by atoms with Gasteiger partial charge in [0.25, 0.3) is 0 Å². The van der Waals surface area contributed by atoms with Gasteiger partial charge in [0.1, 0.15) is 0 Å². The Morgan fingerprint density at radius 2 is 1.53 bits per heavy atom. The standard InChI is InChI=1S/C15H12ClN/c1-17-13-10-6-5-9-12(13)14(16)15(17)11-7-3-2-4-8-11/h2-10H,1H3. The SMILES string of the molecule is Cn1c(-c2ccccc2)c(Cl)c2ccccc21. The van der Waals surface area contributed by atoms with Crippen molar-refractivity contribution >= 4 is 22.5 Å². The van der Waals surface area contributed by atoms with Crippen molar-refractivity contribution in [2.24, 2.45) is 7.05 Å². The van der Waals surface area contributed by atoms with E-state index in [1.165, 1.54) is 0 Å². The number of fused-ring (bicyclic) bond motifs is 1. The molecule has 2 heteroatoms. The largest absolute Gasteiger partial charge is 0.342 e. The van der Waals surface area contributed by atoms with Crippen molar-refractivity contribution in [2.45, 2.75) is 0 Å². The lowest BCUT2D eigenvalue weighted by Gasteiger charge is -2.04. The third-order valence-electron chi connectivity index (χ3n) is 3.09. The molecule has 0 radical (unpaired) electrons. The lowest BCUT2D eigenvalue weighted by molar-refractivity contribution is 0.978. The van der Waals surface area contributed by atoms with Crippen molar-refractivity contribution in [3.63, 3.8) is 0 Å². The number of para-hydroxylation sites is 1. The summed E-state index contributed by atoms with van der Waals surface area (Å²) in [6, 6.07) is 18.4. The Morgan fingerprint density at radius 1 is 0.882 bits per heavy atom. The van der Waals surface area contributed by atoms with Crippen LogP contribution in [0.1, 0.15) is 0 Å². The van der Waals surface area contributed by atoms with Crippen LogP contribution in [0.15, 0.2) is 54.6 Å². The molecule has 0 saturated carbocycles. The first kappa shape index (κ1) is 10.4. The van der Waals surface area contributed by atoms with Crippen LogP contribution in [0, 0.1) is 0 Å². The molecule has 17 heavy (non-hydrogen) atoms. The van der Waals surface area contributed by atoms with Gasteiger partial charge in [0, 0.05) is 18.0 Å². The fourth-order valence-corrected chi connectivity index (χ4v) is 2.66. The Bertz CT molecular complexity index is 629. The Hall–Kier alpha value is -1.73. The van der Waals surface area contributed by atoms with Gasteiger partial charge in [-0.15, -0.1) is 0 Å². The minimum Gasteiger partial charge on any atom is -0.342 e. The molecule has 0 bridgehead atoms. The van der Waals surface area contributed by atoms with Gasteiger partial charge in [-0.3, -0.25) is 0 Å². The van der Waals surface area contributed by atoms with Crippen LogP contribution in [0.2, 0.25) is 5.02 Å². The summed E-state index contributed by atoms with van der Waals surface area (Å²) in [4.78, 5) is 0. The Balaban J connectivity index is 2.38. The van der Waals surface area contributed by atoms with Crippen molar-refractivity contribution in [3.8, 4) is 11.3 Å². The highest BCUT2D eigenvalue weighted by molar-refractivity contribution is 6.38. The average Bonchev–Trinajstić information content (AvgIpc) is 2.64. The van der Waals surface area contributed by atoms with E-state index in [0.717, 1.165) is 27.2 Å². The molecule has 3 aromatic rings. The van der Waals surface area contributed by atoms with E-state index in [0.29, 0.717) is 0 Å². The van der Waals surface area contributed by atoms with E-state index in [2.05, 4.69) is 35.9 Å². The number of nitrogens with zero attached hydrogens (tertiary/aromatic N) is 1. The molecule has 0 aliphatic carbocycles. The maximum absolute atomic E-state index is 6.48. The quantitative estimate of drug-likeness (QED) is 0.591. The minimum atomic E-state index is 0.828. The predicted molar refractivity (Wildman–Crippen MR) is 73.4 cm³/mol. The molecule has 1 nitrogen and oxygen atoms in total. The molecule has 1 heterocycles. The van der Waals surface area contributed by atoms with E-state index in [4.69, 9.17) is 11.6 Å². The second-order valence-corrected chi connectivity index (χ2v) is 4.48. The Kier molecular flexibility index (Phi) is 2.41. The molecular formula is C15H12ClN. The molecule has 3 rings (SSSR count). The highest BCUT2D eigenvalue weighted by Gasteiger charge is 2.13. The van der Waals surface area contributed by atoms with E-state index in [9.17, 15) is 0 Å². The van der Waals surface area contributed by atoms with Gasteiger partial charge in [0.15, 0.2) is 0 Å². The number of benzene rings is 2. The lowest BCUT2D eigenvalue weighted by Crippen LogP contribution is -1.90. The molecule has 0 aliphatic rings. The van der Waals surface area contributed by atoms with E-state index < -0.39 is 0 Å². The fraction of sp³-hybridized carbons (Fsp3) is 0.0667. The Morgan fingerprint density at radius 3 is 2.24 bits per heavy atom. The molecule has 0 saturated heterocycles. The molecular weight excluding hydrogens is 230 g/mol. The van der Waals surface area contributed by atoms with E-state index >= 15 is 0 Å². The first-order valence-corrected chi connectivity index (χ1v) is 5.95. The van der Waals surface area contributed by atoms with Crippen LogP contribution in [0.25, 0.3) is 22.2 Å². The topological polar surface area (TPSA) is 4.93 Å². The maximum Gasteiger partial charge on any atom is 0.0742 e. The number of halogens is 1. The summed E-state index contributed by atoms with van der Waals surface area (Å²) >= 11 is 6.48. The third-order valence-corrected chi connectivity index (χ3v) is 3.48. The molecule has 0 N–H and O–H groups in total. The van der Waals surface area contributed by atoms with Gasteiger partial charge in [-0.25, -0.2) is 0 Å². The summed E-state index contributed by atoms with van der Waals surface area (Å²) in [7, 11) is 2.05. The summed E-state index contributed by atoms with van der Waals surface area (Å²) in [6.45, 7) is 0. The summed E-state index contributed by atoms with van der Waals surface area (Å²) in [5.41, 5.74) is 3.39. The van der Waals surface area contributed by atoms with Gasteiger partial charge < -0.3 is 4.57 Å². The van der Waals surface area contributed by atoms with Gasteiger partial charge in [0.05, 0.1) is 10.7 Å². The molecule has 1 aromatic heterocycles. The zero-order valence-corrected chi connectivity index (χ0v) is 10.3. The zero-order chi connectivity index (χ0) is 11.8. The fourth-order valence-electron chi connectivity index (χ4n) is 2.26. The van der Waals surface area contributed by atoms with Crippen LogP contribution in [0.3, 0.4) is 0 Å². The van der Waals surface area contributed by atoms with Crippen LogP contribution in [-0.4, -0.2) is 4.57 Å². The molecule has 2 aromatic carbocycles. The molecule has 84 valence electrons. The third kappa shape index (κ3) is 1.55. The monoisotopic (exact) mass is 241 g/mol. The van der Waals surface area contributed by atoms with Crippen molar-refractivity contribution < 1.29 is 0 Å². The molecule has 0 atom stereocenters. The molecule has 0 unspecified atom stereocenters. The molecule has 0 fully saturated rings. The van der Waals surface area contributed by atoms with Crippen LogP contribution in [0.4, 0.5) is 0 Å². The van der Waals surface area contributed by atoms with E-state index in [1.807, 2.05) is 30.3 Å². The highest BCUT2D eigenvalue weighted by atomic mass is 35.5. The predicted octanol–water partition coefficient (Wildman–Crippen LogP) is 4.50. The maximum atomic E-state index is 6.48. The molecule has 0 spiro atoms. The van der Waals surface area contributed by atoms with Gasteiger partial charge in [-0.05, 0) is 11.6 Å². The van der Waals surface area contributed by atoms with E-state index in [-0.39, 0.29) is 0 Å². The summed E-state index contributed by atoms with van der Waals surface area (Å²) < 4.78 is 2.15. The van der Waals surface area contributed by atoms with Gasteiger partial charge >= 0.3 is 0 Å². The first-order chi connectivity index (χ1) is 8.29. The van der Waals surface area contributed by atoms with Gasteiger partial charge in [-0.1, -0.05) is 60.1 Å². The summed E-state index contributed by atoms with van der Waals surface area (Å²) in [6.07, 6.45) is 0. The lowest BCUT2D eigenvalue weighted by atomic mass is 10.1. The molecule has 0 amide bonds. The summed E-state index contributed by atoms with van der Waals surface area (Å²) in [5, 5.41) is 1.94. The number of hydrogen-bond donors (Lipinski definition) is 0.